The quantitative estimate of drug-likeness (QED) is 0.877. The van der Waals surface area contributed by atoms with E-state index >= 15 is 0 Å². The first-order valence-electron chi connectivity index (χ1n) is 7.30. The van der Waals surface area contributed by atoms with Gasteiger partial charge in [-0.3, -0.25) is 4.79 Å². The topological polar surface area (TPSA) is 41.1 Å². The number of hydrogen-bond acceptors (Lipinski definition) is 2. The van der Waals surface area contributed by atoms with Gasteiger partial charge in [0, 0.05) is 6.42 Å². The van der Waals surface area contributed by atoms with Crippen molar-refractivity contribution in [3.05, 3.63) is 35.9 Å². The Morgan fingerprint density at radius 1 is 1.30 bits per heavy atom. The summed E-state index contributed by atoms with van der Waals surface area (Å²) in [4.78, 5) is 11.9. The summed E-state index contributed by atoms with van der Waals surface area (Å²) < 4.78 is 0. The monoisotopic (exact) mass is 296 g/mol. The lowest BCUT2D eigenvalue weighted by molar-refractivity contribution is -0.122. The third-order valence-electron chi connectivity index (χ3n) is 3.92. The number of benzene rings is 1. The van der Waals surface area contributed by atoms with Crippen LogP contribution in [0.4, 0.5) is 0 Å². The molecule has 1 atom stereocenters. The summed E-state index contributed by atoms with van der Waals surface area (Å²) in [5.41, 5.74) is 1.16. The summed E-state index contributed by atoms with van der Waals surface area (Å²) in [6, 6.07) is 10.2. The lowest BCUT2D eigenvalue weighted by Gasteiger charge is -2.22. The molecule has 2 N–H and O–H groups in total. The van der Waals surface area contributed by atoms with Gasteiger partial charge in [-0.1, -0.05) is 30.3 Å². The van der Waals surface area contributed by atoms with Crippen LogP contribution in [0.2, 0.25) is 0 Å². The smallest absolute Gasteiger partial charge is 0.220 e. The molecule has 4 heteroatoms. The average Bonchev–Trinajstić information content (AvgIpc) is 2.47. The molecule has 0 aromatic heterocycles. The summed E-state index contributed by atoms with van der Waals surface area (Å²) in [5.74, 6) is 0.897. The summed E-state index contributed by atoms with van der Waals surface area (Å²) in [6.07, 6.45) is 4.10. The van der Waals surface area contributed by atoms with Gasteiger partial charge in [-0.25, -0.2) is 0 Å². The van der Waals surface area contributed by atoms with E-state index in [2.05, 4.69) is 22.8 Å². The van der Waals surface area contributed by atoms with Crippen LogP contribution in [0.5, 0.6) is 0 Å². The Labute approximate surface area is 127 Å². The van der Waals surface area contributed by atoms with Gasteiger partial charge >= 0.3 is 0 Å². The minimum atomic E-state index is 0. The molecule has 1 heterocycles. The SMILES string of the molecule is CC(NC(=O)CCC1CCNCC1)c1ccccc1.Cl. The summed E-state index contributed by atoms with van der Waals surface area (Å²) in [6.45, 7) is 4.25. The third kappa shape index (κ3) is 5.51. The van der Waals surface area contributed by atoms with Crippen LogP contribution >= 0.6 is 12.4 Å². The van der Waals surface area contributed by atoms with E-state index in [9.17, 15) is 4.79 Å². The highest BCUT2D eigenvalue weighted by molar-refractivity contribution is 5.85. The number of carbonyl (C=O) groups is 1. The highest BCUT2D eigenvalue weighted by Gasteiger charge is 2.15. The normalized spacial score (nSPS) is 17.1. The summed E-state index contributed by atoms with van der Waals surface area (Å²) >= 11 is 0. The highest BCUT2D eigenvalue weighted by atomic mass is 35.5. The van der Waals surface area contributed by atoms with Crippen molar-refractivity contribution < 1.29 is 4.79 Å². The van der Waals surface area contributed by atoms with Crippen LogP contribution in [0, 0.1) is 5.92 Å². The number of nitrogens with one attached hydrogen (secondary N) is 2. The van der Waals surface area contributed by atoms with Gasteiger partial charge in [-0.05, 0) is 50.8 Å². The maximum Gasteiger partial charge on any atom is 0.220 e. The molecule has 20 heavy (non-hydrogen) atoms. The van der Waals surface area contributed by atoms with Gasteiger partial charge in [0.05, 0.1) is 6.04 Å². The van der Waals surface area contributed by atoms with Gasteiger partial charge in [0.25, 0.3) is 0 Å². The maximum atomic E-state index is 11.9. The van der Waals surface area contributed by atoms with E-state index in [1.165, 1.54) is 12.8 Å². The molecule has 0 bridgehead atoms. The first-order valence-corrected chi connectivity index (χ1v) is 7.30. The van der Waals surface area contributed by atoms with Crippen LogP contribution in [-0.2, 0) is 4.79 Å². The van der Waals surface area contributed by atoms with E-state index in [0.29, 0.717) is 6.42 Å². The molecule has 2 rings (SSSR count). The molecule has 0 aliphatic carbocycles. The van der Waals surface area contributed by atoms with Gasteiger partial charge < -0.3 is 10.6 Å². The predicted molar refractivity (Wildman–Crippen MR) is 85.1 cm³/mol. The summed E-state index contributed by atoms with van der Waals surface area (Å²) in [5, 5.41) is 6.44. The first kappa shape index (κ1) is 17.0. The third-order valence-corrected chi connectivity index (χ3v) is 3.92. The number of piperidine rings is 1. The van der Waals surface area contributed by atoms with Crippen LogP contribution in [0.15, 0.2) is 30.3 Å². The van der Waals surface area contributed by atoms with Crippen LogP contribution in [-0.4, -0.2) is 19.0 Å². The molecule has 1 fully saturated rings. The summed E-state index contributed by atoms with van der Waals surface area (Å²) in [7, 11) is 0. The Balaban J connectivity index is 0.00000200. The number of amides is 1. The van der Waals surface area contributed by atoms with Gasteiger partial charge in [-0.15, -0.1) is 12.4 Å². The van der Waals surface area contributed by atoms with E-state index < -0.39 is 0 Å². The van der Waals surface area contributed by atoms with Crippen molar-refractivity contribution in [3.8, 4) is 0 Å². The van der Waals surface area contributed by atoms with Crippen LogP contribution in [0.3, 0.4) is 0 Å². The van der Waals surface area contributed by atoms with E-state index in [0.717, 1.165) is 31.0 Å². The molecule has 112 valence electrons. The molecule has 1 aromatic carbocycles. The van der Waals surface area contributed by atoms with Crippen molar-refractivity contribution in [1.82, 2.24) is 10.6 Å². The van der Waals surface area contributed by atoms with Crippen LogP contribution in [0.25, 0.3) is 0 Å². The second-order valence-corrected chi connectivity index (χ2v) is 5.43. The molecular weight excluding hydrogens is 272 g/mol. The first-order chi connectivity index (χ1) is 9.25. The molecule has 1 unspecified atom stereocenters. The zero-order valence-electron chi connectivity index (χ0n) is 12.1. The Kier molecular flexibility index (Phi) is 7.63. The molecular formula is C16H25ClN2O. The van der Waals surface area contributed by atoms with Crippen molar-refractivity contribution in [2.24, 2.45) is 5.92 Å². The zero-order valence-corrected chi connectivity index (χ0v) is 12.9. The number of rotatable bonds is 5. The number of carbonyl (C=O) groups excluding carboxylic acids is 1. The van der Waals surface area contributed by atoms with Gasteiger partial charge in [0.15, 0.2) is 0 Å². The lowest BCUT2D eigenvalue weighted by Crippen LogP contribution is -2.30. The molecule has 0 spiro atoms. The molecule has 0 radical (unpaired) electrons. The van der Waals surface area contributed by atoms with Crippen LogP contribution in [0.1, 0.15) is 44.2 Å². The maximum absolute atomic E-state index is 11.9. The fourth-order valence-electron chi connectivity index (χ4n) is 2.64. The second kappa shape index (κ2) is 8.98. The van der Waals surface area contributed by atoms with Gasteiger partial charge in [0.1, 0.15) is 0 Å². The number of hydrogen-bond donors (Lipinski definition) is 2. The fourth-order valence-corrected chi connectivity index (χ4v) is 2.64. The Morgan fingerprint density at radius 3 is 2.60 bits per heavy atom. The largest absolute Gasteiger partial charge is 0.350 e. The van der Waals surface area contributed by atoms with E-state index in [1.54, 1.807) is 0 Å². The van der Waals surface area contributed by atoms with Gasteiger partial charge in [0.2, 0.25) is 5.91 Å². The Morgan fingerprint density at radius 2 is 1.95 bits per heavy atom. The molecule has 1 aliphatic rings. The van der Waals surface area contributed by atoms with E-state index in [-0.39, 0.29) is 24.4 Å². The van der Waals surface area contributed by atoms with Gasteiger partial charge in [-0.2, -0.15) is 0 Å². The second-order valence-electron chi connectivity index (χ2n) is 5.43. The van der Waals surface area contributed by atoms with Crippen molar-refractivity contribution in [3.63, 3.8) is 0 Å². The average molecular weight is 297 g/mol. The predicted octanol–water partition coefficient (Wildman–Crippen LogP) is 3.07. The fraction of sp³-hybridized carbons (Fsp3) is 0.562. The van der Waals surface area contributed by atoms with E-state index in [4.69, 9.17) is 0 Å². The lowest BCUT2D eigenvalue weighted by atomic mass is 9.93. The van der Waals surface area contributed by atoms with E-state index in [1.807, 2.05) is 25.1 Å². The van der Waals surface area contributed by atoms with Crippen molar-refractivity contribution in [2.75, 3.05) is 13.1 Å². The van der Waals surface area contributed by atoms with Crippen molar-refractivity contribution >= 4 is 18.3 Å². The molecule has 3 nitrogen and oxygen atoms in total. The highest BCUT2D eigenvalue weighted by Crippen LogP contribution is 2.18. The molecule has 0 saturated carbocycles. The zero-order chi connectivity index (χ0) is 13.5. The van der Waals surface area contributed by atoms with Crippen molar-refractivity contribution in [1.29, 1.82) is 0 Å². The molecule has 1 aromatic rings. The van der Waals surface area contributed by atoms with Crippen molar-refractivity contribution in [2.45, 2.75) is 38.6 Å². The molecule has 1 amide bonds. The Hall–Kier alpha value is -1.06. The minimum absolute atomic E-state index is 0. The molecule has 1 saturated heterocycles. The molecule has 1 aliphatic heterocycles. The van der Waals surface area contributed by atoms with Crippen LogP contribution < -0.4 is 10.6 Å². The number of halogens is 1. The standard InChI is InChI=1S/C16H24N2O.ClH/c1-13(15-5-3-2-4-6-15)18-16(19)8-7-14-9-11-17-12-10-14;/h2-6,13-14,17H,7-12H2,1H3,(H,18,19);1H. The Bertz CT molecular complexity index is 391. The minimum Gasteiger partial charge on any atom is -0.350 e.